The maximum Gasteiger partial charge on any atom is 0.0936 e. The van der Waals surface area contributed by atoms with Gasteiger partial charge in [-0.05, 0) is 44.6 Å². The van der Waals surface area contributed by atoms with Crippen molar-refractivity contribution in [3.8, 4) is 0 Å². The van der Waals surface area contributed by atoms with E-state index in [1.807, 2.05) is 11.3 Å². The zero-order valence-corrected chi connectivity index (χ0v) is 14.4. The SMILES string of the molecule is Cc1nc(CC2(CNCC(C)C)CCCCC2)sc1C. The lowest BCUT2D eigenvalue weighted by Crippen LogP contribution is -2.39. The second-order valence-corrected chi connectivity index (χ2v) is 8.30. The van der Waals surface area contributed by atoms with E-state index in [1.165, 1.54) is 60.6 Å². The van der Waals surface area contributed by atoms with Crippen LogP contribution in [-0.4, -0.2) is 18.1 Å². The van der Waals surface area contributed by atoms with Crippen LogP contribution < -0.4 is 5.32 Å². The van der Waals surface area contributed by atoms with Gasteiger partial charge in [-0.15, -0.1) is 11.3 Å². The van der Waals surface area contributed by atoms with Gasteiger partial charge in [-0.25, -0.2) is 4.98 Å². The summed E-state index contributed by atoms with van der Waals surface area (Å²) in [5, 5.41) is 5.07. The van der Waals surface area contributed by atoms with Gasteiger partial charge in [0.05, 0.1) is 10.7 Å². The van der Waals surface area contributed by atoms with Crippen molar-refractivity contribution in [2.75, 3.05) is 13.1 Å². The number of nitrogens with one attached hydrogen (secondary N) is 1. The molecular formula is C17H30N2S. The normalized spacial score (nSPS) is 18.6. The summed E-state index contributed by atoms with van der Waals surface area (Å²) in [6, 6.07) is 0. The van der Waals surface area contributed by atoms with Crippen LogP contribution >= 0.6 is 11.3 Å². The zero-order valence-electron chi connectivity index (χ0n) is 13.6. The summed E-state index contributed by atoms with van der Waals surface area (Å²) in [5.74, 6) is 0.736. The van der Waals surface area contributed by atoms with Crippen molar-refractivity contribution in [2.24, 2.45) is 11.3 Å². The number of nitrogens with zero attached hydrogens (tertiary/aromatic N) is 1. The van der Waals surface area contributed by atoms with Crippen molar-refractivity contribution in [3.63, 3.8) is 0 Å². The Kier molecular flexibility index (Phi) is 5.62. The Morgan fingerprint density at radius 3 is 2.45 bits per heavy atom. The monoisotopic (exact) mass is 294 g/mol. The Hall–Kier alpha value is -0.410. The van der Waals surface area contributed by atoms with E-state index >= 15 is 0 Å². The molecule has 2 rings (SSSR count). The first-order chi connectivity index (χ1) is 9.51. The third-order valence-electron chi connectivity index (χ3n) is 4.57. The van der Waals surface area contributed by atoms with Crippen LogP contribution in [-0.2, 0) is 6.42 Å². The Balaban J connectivity index is 2.02. The first kappa shape index (κ1) is 16.0. The highest BCUT2D eigenvalue weighted by Gasteiger charge is 2.33. The molecule has 0 bridgehead atoms. The molecule has 0 unspecified atom stereocenters. The number of hydrogen-bond acceptors (Lipinski definition) is 3. The van der Waals surface area contributed by atoms with E-state index in [4.69, 9.17) is 4.98 Å². The van der Waals surface area contributed by atoms with Crippen molar-refractivity contribution in [3.05, 3.63) is 15.6 Å². The average Bonchev–Trinajstić information content (AvgIpc) is 2.68. The summed E-state index contributed by atoms with van der Waals surface area (Å²) in [7, 11) is 0. The summed E-state index contributed by atoms with van der Waals surface area (Å²) in [4.78, 5) is 6.17. The molecule has 2 nitrogen and oxygen atoms in total. The van der Waals surface area contributed by atoms with E-state index in [0.717, 1.165) is 12.5 Å². The molecule has 114 valence electrons. The Morgan fingerprint density at radius 1 is 1.20 bits per heavy atom. The van der Waals surface area contributed by atoms with Crippen LogP contribution in [0.1, 0.15) is 61.5 Å². The Labute approximate surface area is 128 Å². The number of aryl methyl sites for hydroxylation is 2. The molecule has 0 aromatic carbocycles. The highest BCUT2D eigenvalue weighted by molar-refractivity contribution is 7.11. The van der Waals surface area contributed by atoms with E-state index in [0.29, 0.717) is 5.41 Å². The largest absolute Gasteiger partial charge is 0.316 e. The predicted molar refractivity (Wildman–Crippen MR) is 88.5 cm³/mol. The van der Waals surface area contributed by atoms with E-state index in [2.05, 4.69) is 33.0 Å². The fourth-order valence-electron chi connectivity index (χ4n) is 3.28. The van der Waals surface area contributed by atoms with Gasteiger partial charge in [-0.3, -0.25) is 0 Å². The molecule has 0 amide bonds. The van der Waals surface area contributed by atoms with Crippen molar-refractivity contribution in [2.45, 2.75) is 66.2 Å². The van der Waals surface area contributed by atoms with Gasteiger partial charge >= 0.3 is 0 Å². The lowest BCUT2D eigenvalue weighted by molar-refractivity contribution is 0.179. The van der Waals surface area contributed by atoms with Crippen molar-refractivity contribution in [1.29, 1.82) is 0 Å². The molecule has 1 aromatic rings. The molecule has 1 heterocycles. The van der Waals surface area contributed by atoms with Crippen LogP contribution in [0.5, 0.6) is 0 Å². The summed E-state index contributed by atoms with van der Waals surface area (Å²) in [5.41, 5.74) is 1.69. The van der Waals surface area contributed by atoms with E-state index in [9.17, 15) is 0 Å². The molecule has 1 aliphatic carbocycles. The second kappa shape index (κ2) is 7.04. The van der Waals surface area contributed by atoms with E-state index < -0.39 is 0 Å². The first-order valence-corrected chi connectivity index (χ1v) is 8.96. The molecule has 1 aliphatic rings. The minimum absolute atomic E-state index is 0.462. The lowest BCUT2D eigenvalue weighted by atomic mass is 9.72. The molecule has 20 heavy (non-hydrogen) atoms. The third kappa shape index (κ3) is 4.29. The summed E-state index contributed by atoms with van der Waals surface area (Å²) in [6.45, 7) is 11.2. The zero-order chi connectivity index (χ0) is 14.6. The second-order valence-electron chi connectivity index (χ2n) is 7.01. The summed E-state index contributed by atoms with van der Waals surface area (Å²) in [6.07, 6.45) is 8.13. The molecule has 0 saturated heterocycles. The minimum Gasteiger partial charge on any atom is -0.316 e. The van der Waals surface area contributed by atoms with Crippen molar-refractivity contribution < 1.29 is 0 Å². The third-order valence-corrected chi connectivity index (χ3v) is 5.64. The molecule has 0 aliphatic heterocycles. The fourth-order valence-corrected chi connectivity index (χ4v) is 4.39. The molecule has 0 radical (unpaired) electrons. The summed E-state index contributed by atoms with van der Waals surface area (Å²) < 4.78 is 0. The molecule has 1 fully saturated rings. The quantitative estimate of drug-likeness (QED) is 0.835. The Morgan fingerprint density at radius 2 is 1.90 bits per heavy atom. The number of rotatable bonds is 6. The Bertz CT molecular complexity index is 397. The van der Waals surface area contributed by atoms with Gasteiger partial charge in [-0.2, -0.15) is 0 Å². The highest BCUT2D eigenvalue weighted by Crippen LogP contribution is 2.39. The van der Waals surface area contributed by atoms with Gasteiger partial charge in [-0.1, -0.05) is 33.1 Å². The standard InChI is InChI=1S/C17H30N2S/c1-13(2)11-18-12-17(8-6-5-7-9-17)10-16-19-14(3)15(4)20-16/h13,18H,5-12H2,1-4H3. The molecule has 1 N–H and O–H groups in total. The molecule has 0 atom stereocenters. The fraction of sp³-hybridized carbons (Fsp3) is 0.824. The minimum atomic E-state index is 0.462. The van der Waals surface area contributed by atoms with Crippen molar-refractivity contribution >= 4 is 11.3 Å². The number of thiazole rings is 1. The molecule has 1 aromatic heterocycles. The predicted octanol–water partition coefficient (Wildman–Crippen LogP) is 4.50. The molecule has 1 saturated carbocycles. The topological polar surface area (TPSA) is 24.9 Å². The van der Waals surface area contributed by atoms with Crippen LogP contribution in [0, 0.1) is 25.2 Å². The van der Waals surface area contributed by atoms with Crippen LogP contribution in [0.3, 0.4) is 0 Å². The maximum absolute atomic E-state index is 4.78. The number of aromatic nitrogens is 1. The van der Waals surface area contributed by atoms with Crippen LogP contribution in [0.4, 0.5) is 0 Å². The smallest absolute Gasteiger partial charge is 0.0936 e. The molecule has 3 heteroatoms. The van der Waals surface area contributed by atoms with Crippen LogP contribution in [0.2, 0.25) is 0 Å². The first-order valence-electron chi connectivity index (χ1n) is 8.14. The van der Waals surface area contributed by atoms with Crippen LogP contribution in [0.25, 0.3) is 0 Å². The van der Waals surface area contributed by atoms with Gasteiger partial charge in [0.1, 0.15) is 0 Å². The van der Waals surface area contributed by atoms with Gasteiger partial charge in [0, 0.05) is 17.8 Å². The molecular weight excluding hydrogens is 264 g/mol. The molecule has 0 spiro atoms. The van der Waals surface area contributed by atoms with Gasteiger partial charge in [0.2, 0.25) is 0 Å². The highest BCUT2D eigenvalue weighted by atomic mass is 32.1. The van der Waals surface area contributed by atoms with Gasteiger partial charge < -0.3 is 5.32 Å². The van der Waals surface area contributed by atoms with Gasteiger partial charge in [0.25, 0.3) is 0 Å². The van der Waals surface area contributed by atoms with Gasteiger partial charge in [0.15, 0.2) is 0 Å². The van der Waals surface area contributed by atoms with Crippen molar-refractivity contribution in [1.82, 2.24) is 10.3 Å². The van der Waals surface area contributed by atoms with E-state index in [1.54, 1.807) is 0 Å². The average molecular weight is 295 g/mol. The van der Waals surface area contributed by atoms with E-state index in [-0.39, 0.29) is 0 Å². The maximum atomic E-state index is 4.78. The van der Waals surface area contributed by atoms with Crippen LogP contribution in [0.15, 0.2) is 0 Å². The summed E-state index contributed by atoms with van der Waals surface area (Å²) >= 11 is 1.91. The lowest BCUT2D eigenvalue weighted by Gasteiger charge is -2.37. The number of hydrogen-bond donors (Lipinski definition) is 1.